The van der Waals surface area contributed by atoms with Crippen LogP contribution in [0.25, 0.3) is 0 Å². The normalized spacial score (nSPS) is 22.1. The Labute approximate surface area is 127 Å². The van der Waals surface area contributed by atoms with Gasteiger partial charge in [-0.2, -0.15) is 11.8 Å². The molecule has 1 rings (SSSR count). The van der Waals surface area contributed by atoms with Crippen molar-refractivity contribution in [2.24, 2.45) is 5.92 Å². The molecule has 1 saturated heterocycles. The molecule has 0 saturated carbocycles. The van der Waals surface area contributed by atoms with Crippen LogP contribution in [0, 0.1) is 5.92 Å². The molecule has 1 fully saturated rings. The molecule has 0 radical (unpaired) electrons. The first-order chi connectivity index (χ1) is 9.67. The molecule has 0 aliphatic carbocycles. The number of rotatable bonds is 6. The SMILES string of the molecule is CC.CCCCOC(=O)C[C@@H]1CC[C@H](SC)C(=O)NC1. The second-order valence-corrected chi connectivity index (χ2v) is 5.73. The van der Waals surface area contributed by atoms with Gasteiger partial charge in [-0.05, 0) is 31.4 Å². The average Bonchev–Trinajstić information content (AvgIpc) is 2.63. The smallest absolute Gasteiger partial charge is 0.306 e. The van der Waals surface area contributed by atoms with Crippen molar-refractivity contribution in [1.82, 2.24) is 5.32 Å². The minimum atomic E-state index is -0.134. The number of amides is 1. The van der Waals surface area contributed by atoms with Gasteiger partial charge in [0.05, 0.1) is 18.3 Å². The van der Waals surface area contributed by atoms with Crippen molar-refractivity contribution in [2.75, 3.05) is 19.4 Å². The van der Waals surface area contributed by atoms with Gasteiger partial charge in [0.1, 0.15) is 0 Å². The maximum Gasteiger partial charge on any atom is 0.306 e. The van der Waals surface area contributed by atoms with E-state index in [1.54, 1.807) is 11.8 Å². The molecule has 1 aliphatic heterocycles. The van der Waals surface area contributed by atoms with Crippen molar-refractivity contribution in [3.63, 3.8) is 0 Å². The van der Waals surface area contributed by atoms with Gasteiger partial charge in [-0.15, -0.1) is 0 Å². The van der Waals surface area contributed by atoms with Crippen molar-refractivity contribution in [2.45, 2.75) is 58.1 Å². The third-order valence-electron chi connectivity index (χ3n) is 3.20. The molecular formula is C15H29NO3S. The predicted molar refractivity (Wildman–Crippen MR) is 84.9 cm³/mol. The average molecular weight is 303 g/mol. The van der Waals surface area contributed by atoms with E-state index in [0.717, 1.165) is 25.7 Å². The minimum Gasteiger partial charge on any atom is -0.466 e. The Morgan fingerprint density at radius 1 is 1.40 bits per heavy atom. The Kier molecular flexibility index (Phi) is 11.6. The Morgan fingerprint density at radius 2 is 2.10 bits per heavy atom. The molecular weight excluding hydrogens is 274 g/mol. The third-order valence-corrected chi connectivity index (χ3v) is 4.21. The first-order valence-electron chi connectivity index (χ1n) is 7.63. The quantitative estimate of drug-likeness (QED) is 0.605. The number of carbonyl (C=O) groups is 2. The van der Waals surface area contributed by atoms with Gasteiger partial charge < -0.3 is 10.1 Å². The lowest BCUT2D eigenvalue weighted by molar-refractivity contribution is -0.145. The predicted octanol–water partition coefficient (Wildman–Crippen LogP) is 3.00. The van der Waals surface area contributed by atoms with Crippen LogP contribution in [0.1, 0.15) is 52.9 Å². The second kappa shape index (κ2) is 12.1. The van der Waals surface area contributed by atoms with Crippen molar-refractivity contribution < 1.29 is 14.3 Å². The molecule has 0 aromatic carbocycles. The van der Waals surface area contributed by atoms with Crippen molar-refractivity contribution in [1.29, 1.82) is 0 Å². The summed E-state index contributed by atoms with van der Waals surface area (Å²) in [5, 5.41) is 2.93. The topological polar surface area (TPSA) is 55.4 Å². The van der Waals surface area contributed by atoms with Crippen LogP contribution in [0.5, 0.6) is 0 Å². The first-order valence-corrected chi connectivity index (χ1v) is 8.92. The van der Waals surface area contributed by atoms with Crippen LogP contribution >= 0.6 is 11.8 Å². The highest BCUT2D eigenvalue weighted by atomic mass is 32.2. The second-order valence-electron chi connectivity index (χ2n) is 4.69. The van der Waals surface area contributed by atoms with E-state index in [9.17, 15) is 9.59 Å². The van der Waals surface area contributed by atoms with Gasteiger partial charge in [0.25, 0.3) is 0 Å². The van der Waals surface area contributed by atoms with Crippen LogP contribution < -0.4 is 5.32 Å². The molecule has 0 bridgehead atoms. The standard InChI is InChI=1S/C13H23NO3S.C2H6/c1-3-4-7-17-12(15)8-10-5-6-11(18-2)13(16)14-9-10;1-2/h10-11H,3-9H2,1-2H3,(H,14,16);1-2H3/t10-,11-;/m0./s1. The largest absolute Gasteiger partial charge is 0.466 e. The highest BCUT2D eigenvalue weighted by Gasteiger charge is 2.25. The van der Waals surface area contributed by atoms with E-state index in [1.807, 2.05) is 20.1 Å². The maximum absolute atomic E-state index is 11.6. The Balaban J connectivity index is 0.00000172. The van der Waals surface area contributed by atoms with E-state index < -0.39 is 0 Å². The Bertz CT molecular complexity index is 284. The van der Waals surface area contributed by atoms with Gasteiger partial charge in [-0.3, -0.25) is 9.59 Å². The van der Waals surface area contributed by atoms with Crippen LogP contribution in [0.15, 0.2) is 0 Å². The molecule has 5 heteroatoms. The Hall–Kier alpha value is -0.710. The summed E-state index contributed by atoms with van der Waals surface area (Å²) in [4.78, 5) is 23.2. The summed E-state index contributed by atoms with van der Waals surface area (Å²) in [5.41, 5.74) is 0. The lowest BCUT2D eigenvalue weighted by Gasteiger charge is -2.12. The molecule has 20 heavy (non-hydrogen) atoms. The molecule has 2 atom stereocenters. The molecule has 1 aliphatic rings. The summed E-state index contributed by atoms with van der Waals surface area (Å²) >= 11 is 1.58. The fraction of sp³-hybridized carbons (Fsp3) is 0.867. The van der Waals surface area contributed by atoms with Crippen molar-refractivity contribution >= 4 is 23.6 Å². The molecule has 0 spiro atoms. The highest BCUT2D eigenvalue weighted by Crippen LogP contribution is 2.22. The van der Waals surface area contributed by atoms with Gasteiger partial charge >= 0.3 is 5.97 Å². The number of ether oxygens (including phenoxy) is 1. The number of hydrogen-bond donors (Lipinski definition) is 1. The summed E-state index contributed by atoms with van der Waals surface area (Å²) in [5.74, 6) is 0.190. The zero-order valence-electron chi connectivity index (χ0n) is 13.2. The van der Waals surface area contributed by atoms with Gasteiger partial charge in [-0.25, -0.2) is 0 Å². The van der Waals surface area contributed by atoms with Gasteiger partial charge in [-0.1, -0.05) is 27.2 Å². The van der Waals surface area contributed by atoms with E-state index >= 15 is 0 Å². The first kappa shape index (κ1) is 19.3. The molecule has 0 unspecified atom stereocenters. The molecule has 1 amide bonds. The maximum atomic E-state index is 11.6. The van der Waals surface area contributed by atoms with Gasteiger partial charge in [0, 0.05) is 6.54 Å². The zero-order valence-corrected chi connectivity index (χ0v) is 14.1. The minimum absolute atomic E-state index is 0.0334. The number of unbranched alkanes of at least 4 members (excludes halogenated alkanes) is 1. The van der Waals surface area contributed by atoms with Crippen molar-refractivity contribution in [3.05, 3.63) is 0 Å². The van der Waals surface area contributed by atoms with Crippen molar-refractivity contribution in [3.8, 4) is 0 Å². The number of carbonyl (C=O) groups excluding carboxylic acids is 2. The Morgan fingerprint density at radius 3 is 2.70 bits per heavy atom. The summed E-state index contributed by atoms with van der Waals surface area (Å²) in [6, 6.07) is 0. The van der Waals surface area contributed by atoms with Crippen LogP contribution in [0.3, 0.4) is 0 Å². The number of nitrogens with one attached hydrogen (secondary N) is 1. The molecule has 0 aromatic heterocycles. The molecule has 1 N–H and O–H groups in total. The van der Waals surface area contributed by atoms with E-state index in [2.05, 4.69) is 12.2 Å². The molecule has 4 nitrogen and oxygen atoms in total. The van der Waals surface area contributed by atoms with Gasteiger partial charge in [0.15, 0.2) is 0 Å². The summed E-state index contributed by atoms with van der Waals surface area (Å²) in [6.07, 6.45) is 6.07. The van der Waals surface area contributed by atoms with Crippen LogP contribution in [-0.4, -0.2) is 36.5 Å². The van der Waals surface area contributed by atoms with E-state index in [4.69, 9.17) is 4.74 Å². The number of thioether (sulfide) groups is 1. The highest BCUT2D eigenvalue weighted by molar-refractivity contribution is 7.99. The number of esters is 1. The summed E-state index contributed by atoms with van der Waals surface area (Å²) in [6.45, 7) is 7.18. The van der Waals surface area contributed by atoms with E-state index in [-0.39, 0.29) is 23.0 Å². The molecule has 1 heterocycles. The van der Waals surface area contributed by atoms with Crippen LogP contribution in [0.2, 0.25) is 0 Å². The lowest BCUT2D eigenvalue weighted by Crippen LogP contribution is -2.32. The molecule has 118 valence electrons. The number of hydrogen-bond acceptors (Lipinski definition) is 4. The van der Waals surface area contributed by atoms with Crippen LogP contribution in [-0.2, 0) is 14.3 Å². The molecule has 0 aromatic rings. The zero-order chi connectivity index (χ0) is 15.4. The fourth-order valence-electron chi connectivity index (χ4n) is 2.00. The lowest BCUT2D eigenvalue weighted by atomic mass is 10.00. The van der Waals surface area contributed by atoms with Crippen LogP contribution in [0.4, 0.5) is 0 Å². The van der Waals surface area contributed by atoms with E-state index in [1.165, 1.54) is 0 Å². The van der Waals surface area contributed by atoms with Gasteiger partial charge in [0.2, 0.25) is 5.91 Å². The third kappa shape index (κ3) is 7.78. The van der Waals surface area contributed by atoms with E-state index in [0.29, 0.717) is 19.6 Å². The summed E-state index contributed by atoms with van der Waals surface area (Å²) < 4.78 is 5.15. The monoisotopic (exact) mass is 303 g/mol. The fourth-order valence-corrected chi connectivity index (χ4v) is 2.67. The summed E-state index contributed by atoms with van der Waals surface area (Å²) in [7, 11) is 0.